The van der Waals surface area contributed by atoms with E-state index in [1.807, 2.05) is 0 Å². The molecule has 0 aliphatic rings. The van der Waals surface area contributed by atoms with E-state index in [-0.39, 0.29) is 5.02 Å². The predicted octanol–water partition coefficient (Wildman–Crippen LogP) is 3.14. The molecular weight excluding hydrogens is 284 g/mol. The summed E-state index contributed by atoms with van der Waals surface area (Å²) in [5, 5.41) is 0.0618. The Morgan fingerprint density at radius 3 is 2.87 bits per heavy atom. The van der Waals surface area contributed by atoms with Crippen LogP contribution in [0, 0.1) is 5.82 Å². The van der Waals surface area contributed by atoms with E-state index in [1.54, 1.807) is 12.2 Å². The van der Waals surface area contributed by atoms with Crippen LogP contribution in [0.1, 0.15) is 0 Å². The maximum atomic E-state index is 13.1. The lowest BCUT2D eigenvalue weighted by atomic mass is 10.3. The first kappa shape index (κ1) is 12.5. The molecular formula is C10H10BrClFNO. The van der Waals surface area contributed by atoms with Crippen LogP contribution in [0.2, 0.25) is 5.02 Å². The molecule has 0 atom stereocenters. The monoisotopic (exact) mass is 293 g/mol. The lowest BCUT2D eigenvalue weighted by Gasteiger charge is -2.06. The summed E-state index contributed by atoms with van der Waals surface area (Å²) >= 11 is 8.80. The van der Waals surface area contributed by atoms with Crippen LogP contribution in [0.15, 0.2) is 28.8 Å². The van der Waals surface area contributed by atoms with Gasteiger partial charge in [0.1, 0.15) is 18.2 Å². The van der Waals surface area contributed by atoms with Crippen molar-refractivity contribution in [2.75, 3.05) is 13.2 Å². The van der Waals surface area contributed by atoms with Crippen molar-refractivity contribution < 1.29 is 9.13 Å². The molecule has 5 heteroatoms. The van der Waals surface area contributed by atoms with Crippen LogP contribution in [0.5, 0.6) is 5.75 Å². The molecule has 0 radical (unpaired) electrons. The molecule has 0 unspecified atom stereocenters. The van der Waals surface area contributed by atoms with Gasteiger partial charge in [-0.15, -0.1) is 0 Å². The zero-order valence-corrected chi connectivity index (χ0v) is 10.2. The average molecular weight is 295 g/mol. The number of ether oxygens (including phenoxy) is 1. The first-order valence-corrected chi connectivity index (χ1v) is 5.44. The Morgan fingerprint density at radius 2 is 2.20 bits per heavy atom. The molecule has 1 aromatic rings. The van der Waals surface area contributed by atoms with Crippen LogP contribution < -0.4 is 10.5 Å². The molecule has 0 saturated heterocycles. The Bertz CT molecular complexity index is 371. The SMILES string of the molecule is NC/C=C/COc1cc(F)c(Cl)cc1Br. The molecule has 0 saturated carbocycles. The number of nitrogens with two attached hydrogens (primary N) is 1. The van der Waals surface area contributed by atoms with Crippen LogP contribution in [-0.4, -0.2) is 13.2 Å². The number of benzene rings is 1. The highest BCUT2D eigenvalue weighted by Crippen LogP contribution is 2.30. The highest BCUT2D eigenvalue weighted by Gasteiger charge is 2.06. The summed E-state index contributed by atoms with van der Waals surface area (Å²) in [4.78, 5) is 0. The van der Waals surface area contributed by atoms with Gasteiger partial charge in [-0.3, -0.25) is 0 Å². The molecule has 0 aliphatic carbocycles. The first-order valence-electron chi connectivity index (χ1n) is 4.27. The molecule has 2 nitrogen and oxygen atoms in total. The van der Waals surface area contributed by atoms with Crippen LogP contribution >= 0.6 is 27.5 Å². The van der Waals surface area contributed by atoms with Gasteiger partial charge in [-0.1, -0.05) is 23.8 Å². The van der Waals surface area contributed by atoms with Crippen molar-refractivity contribution in [2.45, 2.75) is 0 Å². The van der Waals surface area contributed by atoms with Gasteiger partial charge in [0.15, 0.2) is 0 Å². The van der Waals surface area contributed by atoms with Crippen molar-refractivity contribution in [1.82, 2.24) is 0 Å². The number of halogens is 3. The third kappa shape index (κ3) is 3.81. The number of hydrogen-bond donors (Lipinski definition) is 1. The fourth-order valence-corrected chi connectivity index (χ4v) is 1.67. The van der Waals surface area contributed by atoms with Crippen molar-refractivity contribution in [2.24, 2.45) is 5.73 Å². The lowest BCUT2D eigenvalue weighted by molar-refractivity contribution is 0.358. The van der Waals surface area contributed by atoms with Gasteiger partial charge in [-0.2, -0.15) is 0 Å². The quantitative estimate of drug-likeness (QED) is 0.684. The van der Waals surface area contributed by atoms with Gasteiger partial charge in [0.25, 0.3) is 0 Å². The second-order valence-electron chi connectivity index (χ2n) is 2.71. The van der Waals surface area contributed by atoms with E-state index in [0.29, 0.717) is 23.4 Å². The molecule has 0 amide bonds. The Labute approximate surface area is 101 Å². The summed E-state index contributed by atoms with van der Waals surface area (Å²) in [5.41, 5.74) is 5.25. The molecule has 0 aliphatic heterocycles. The standard InChI is InChI=1S/C10H10BrClFNO/c11-7-5-8(12)9(13)6-10(7)15-4-2-1-3-14/h1-2,5-6H,3-4,14H2/b2-1+. The predicted molar refractivity (Wildman–Crippen MR) is 62.8 cm³/mol. The van der Waals surface area contributed by atoms with E-state index < -0.39 is 5.82 Å². The topological polar surface area (TPSA) is 35.2 Å². The minimum atomic E-state index is -0.502. The van der Waals surface area contributed by atoms with Gasteiger partial charge in [0.2, 0.25) is 0 Å². The molecule has 15 heavy (non-hydrogen) atoms. The zero-order valence-electron chi connectivity index (χ0n) is 7.84. The van der Waals surface area contributed by atoms with E-state index in [1.165, 1.54) is 12.1 Å². The maximum Gasteiger partial charge on any atom is 0.145 e. The Morgan fingerprint density at radius 1 is 1.47 bits per heavy atom. The van der Waals surface area contributed by atoms with Gasteiger partial charge in [-0.25, -0.2) is 4.39 Å². The minimum absolute atomic E-state index is 0.0618. The summed E-state index contributed by atoms with van der Waals surface area (Å²) < 4.78 is 19.0. The zero-order chi connectivity index (χ0) is 11.3. The third-order valence-electron chi connectivity index (χ3n) is 1.61. The van der Waals surface area contributed by atoms with E-state index >= 15 is 0 Å². The largest absolute Gasteiger partial charge is 0.488 e. The molecule has 82 valence electrons. The summed E-state index contributed by atoms with van der Waals surface area (Å²) in [6.45, 7) is 0.802. The molecule has 0 bridgehead atoms. The lowest BCUT2D eigenvalue weighted by Crippen LogP contribution is -1.98. The second kappa shape index (κ2) is 6.10. The van der Waals surface area contributed by atoms with Crippen LogP contribution in [-0.2, 0) is 0 Å². The van der Waals surface area contributed by atoms with Gasteiger partial charge in [-0.05, 0) is 22.0 Å². The van der Waals surface area contributed by atoms with Crippen molar-refractivity contribution in [3.63, 3.8) is 0 Å². The van der Waals surface area contributed by atoms with E-state index in [9.17, 15) is 4.39 Å². The van der Waals surface area contributed by atoms with Gasteiger partial charge in [0, 0.05) is 12.6 Å². The summed E-state index contributed by atoms with van der Waals surface area (Å²) in [6, 6.07) is 2.70. The van der Waals surface area contributed by atoms with Crippen molar-refractivity contribution in [3.8, 4) is 5.75 Å². The second-order valence-corrected chi connectivity index (χ2v) is 3.98. The third-order valence-corrected chi connectivity index (χ3v) is 2.52. The van der Waals surface area contributed by atoms with Crippen molar-refractivity contribution in [1.29, 1.82) is 0 Å². The smallest absolute Gasteiger partial charge is 0.145 e. The molecule has 0 heterocycles. The van der Waals surface area contributed by atoms with Crippen LogP contribution in [0.4, 0.5) is 4.39 Å². The maximum absolute atomic E-state index is 13.1. The van der Waals surface area contributed by atoms with Gasteiger partial charge in [0.05, 0.1) is 9.50 Å². The van der Waals surface area contributed by atoms with E-state index in [4.69, 9.17) is 22.1 Å². The van der Waals surface area contributed by atoms with Gasteiger partial charge < -0.3 is 10.5 Å². The first-order chi connectivity index (χ1) is 7.15. The molecule has 2 N–H and O–H groups in total. The van der Waals surface area contributed by atoms with Crippen LogP contribution in [0.25, 0.3) is 0 Å². The molecule has 0 aromatic heterocycles. The fourth-order valence-electron chi connectivity index (χ4n) is 0.917. The normalized spacial score (nSPS) is 10.9. The van der Waals surface area contributed by atoms with E-state index in [0.717, 1.165) is 0 Å². The Balaban J connectivity index is 2.69. The molecule has 0 fully saturated rings. The summed E-state index contributed by atoms with van der Waals surface area (Å²) in [5.74, 6) is -0.0868. The van der Waals surface area contributed by atoms with Crippen molar-refractivity contribution >= 4 is 27.5 Å². The summed E-state index contributed by atoms with van der Waals surface area (Å²) in [6.07, 6.45) is 3.53. The molecule has 1 rings (SSSR count). The van der Waals surface area contributed by atoms with E-state index in [2.05, 4.69) is 15.9 Å². The molecule has 1 aromatic carbocycles. The van der Waals surface area contributed by atoms with Crippen molar-refractivity contribution in [3.05, 3.63) is 39.6 Å². The minimum Gasteiger partial charge on any atom is -0.488 e. The Hall–Kier alpha value is -0.580. The highest BCUT2D eigenvalue weighted by atomic mass is 79.9. The number of rotatable bonds is 4. The molecule has 0 spiro atoms. The Kier molecular flexibility index (Phi) is 5.08. The average Bonchev–Trinajstić information content (AvgIpc) is 2.20. The fraction of sp³-hybridized carbons (Fsp3) is 0.200. The highest BCUT2D eigenvalue weighted by molar-refractivity contribution is 9.10. The van der Waals surface area contributed by atoms with Gasteiger partial charge >= 0.3 is 0 Å². The number of hydrogen-bond acceptors (Lipinski definition) is 2. The summed E-state index contributed by atoms with van der Waals surface area (Å²) in [7, 11) is 0. The van der Waals surface area contributed by atoms with Crippen LogP contribution in [0.3, 0.4) is 0 Å².